The van der Waals surface area contributed by atoms with Crippen molar-refractivity contribution in [1.82, 2.24) is 23.8 Å². The van der Waals surface area contributed by atoms with Crippen molar-refractivity contribution in [1.29, 1.82) is 0 Å². The molecule has 4 rings (SSSR count). The maximum Gasteiger partial charge on any atom is 0.276 e. The number of fused-ring (bicyclic) bond motifs is 1. The van der Waals surface area contributed by atoms with Crippen molar-refractivity contribution >= 4 is 32.7 Å². The van der Waals surface area contributed by atoms with E-state index in [-0.39, 0.29) is 11.1 Å². The number of aromatic nitrogens is 4. The van der Waals surface area contributed by atoms with Gasteiger partial charge in [0.25, 0.3) is 10.0 Å². The molecule has 0 bridgehead atoms. The van der Waals surface area contributed by atoms with E-state index in [2.05, 4.69) is 15.0 Å². The summed E-state index contributed by atoms with van der Waals surface area (Å²) in [5.41, 5.74) is 1.61. The summed E-state index contributed by atoms with van der Waals surface area (Å²) < 4.78 is 28.5. The molecule has 1 aliphatic rings. The van der Waals surface area contributed by atoms with E-state index in [1.807, 2.05) is 18.2 Å². The molecule has 9 heteroatoms. The van der Waals surface area contributed by atoms with Crippen molar-refractivity contribution in [3.63, 3.8) is 0 Å². The van der Waals surface area contributed by atoms with Gasteiger partial charge in [-0.15, -0.1) is 0 Å². The molecule has 1 aliphatic heterocycles. The summed E-state index contributed by atoms with van der Waals surface area (Å²) in [6.07, 6.45) is 6.16. The second-order valence-corrected chi connectivity index (χ2v) is 8.70. The molecule has 0 amide bonds. The van der Waals surface area contributed by atoms with Crippen LogP contribution in [0.1, 0.15) is 24.5 Å². The molecule has 0 aromatic carbocycles. The number of aryl methyl sites for hydroxylation is 1. The van der Waals surface area contributed by atoms with Crippen LogP contribution < -0.4 is 0 Å². The summed E-state index contributed by atoms with van der Waals surface area (Å²) in [6.45, 7) is 0.904. The highest BCUT2D eigenvalue weighted by atomic mass is 35.5. The molecule has 136 valence electrons. The van der Waals surface area contributed by atoms with Crippen LogP contribution in [0.5, 0.6) is 0 Å². The molecule has 1 fully saturated rings. The topological polar surface area (TPSA) is 81.0 Å². The van der Waals surface area contributed by atoms with Crippen LogP contribution in [0, 0.1) is 0 Å². The molecule has 26 heavy (non-hydrogen) atoms. The van der Waals surface area contributed by atoms with Crippen molar-refractivity contribution in [3.8, 4) is 0 Å². The smallest absolute Gasteiger partial charge is 0.276 e. The molecule has 7 nitrogen and oxygen atoms in total. The fraction of sp³-hybridized carbons (Fsp3) is 0.353. The SMILES string of the molecule is Cn1ccnc1S(=O)(=O)N1CCC(c2ccc3cc(Cl)cnc3n2)CC1. The Hall–Kier alpha value is -2.03. The minimum absolute atomic E-state index is 0.0841. The van der Waals surface area contributed by atoms with E-state index >= 15 is 0 Å². The van der Waals surface area contributed by atoms with Crippen LogP contribution in [0.2, 0.25) is 5.02 Å². The lowest BCUT2D eigenvalue weighted by Gasteiger charge is -2.30. The summed E-state index contributed by atoms with van der Waals surface area (Å²) >= 11 is 5.96. The first-order valence-corrected chi connectivity index (χ1v) is 10.2. The van der Waals surface area contributed by atoms with E-state index in [0.29, 0.717) is 23.8 Å². The average molecular weight is 392 g/mol. The van der Waals surface area contributed by atoms with Gasteiger partial charge in [-0.3, -0.25) is 0 Å². The van der Waals surface area contributed by atoms with Gasteiger partial charge in [0, 0.05) is 55.7 Å². The van der Waals surface area contributed by atoms with Crippen molar-refractivity contribution in [2.45, 2.75) is 23.9 Å². The quantitative estimate of drug-likeness (QED) is 0.685. The zero-order valence-corrected chi connectivity index (χ0v) is 15.8. The van der Waals surface area contributed by atoms with E-state index in [9.17, 15) is 8.42 Å². The van der Waals surface area contributed by atoms with Gasteiger partial charge in [-0.2, -0.15) is 4.31 Å². The molecule has 4 heterocycles. The Morgan fingerprint density at radius 3 is 2.65 bits per heavy atom. The van der Waals surface area contributed by atoms with Crippen LogP contribution in [0.25, 0.3) is 11.0 Å². The molecule has 1 saturated heterocycles. The molecule has 0 N–H and O–H groups in total. The molecular formula is C17H18ClN5O2S. The van der Waals surface area contributed by atoms with Crippen molar-refractivity contribution in [3.05, 3.63) is 47.5 Å². The number of nitrogens with zero attached hydrogens (tertiary/aromatic N) is 5. The summed E-state index contributed by atoms with van der Waals surface area (Å²) in [5, 5.41) is 1.57. The zero-order valence-electron chi connectivity index (χ0n) is 14.2. The normalized spacial score (nSPS) is 17.0. The largest absolute Gasteiger partial charge is 0.324 e. The van der Waals surface area contributed by atoms with Crippen molar-refractivity contribution < 1.29 is 8.42 Å². The molecule has 0 saturated carbocycles. The first-order chi connectivity index (χ1) is 12.4. The standard InChI is InChI=1S/C17H18ClN5O2S/c1-22-9-6-19-17(22)26(24,25)23-7-4-12(5-8-23)15-3-2-13-10-14(18)11-20-16(13)21-15/h2-3,6,9-12H,4-5,7-8H2,1H3. The van der Waals surface area contributed by atoms with E-state index < -0.39 is 10.0 Å². The molecule has 0 unspecified atom stereocenters. The highest BCUT2D eigenvalue weighted by Gasteiger charge is 2.32. The first-order valence-electron chi connectivity index (χ1n) is 8.35. The number of piperidine rings is 1. The van der Waals surface area contributed by atoms with Gasteiger partial charge in [0.15, 0.2) is 5.65 Å². The molecule has 0 spiro atoms. The lowest BCUT2D eigenvalue weighted by molar-refractivity contribution is 0.314. The van der Waals surface area contributed by atoms with Gasteiger partial charge >= 0.3 is 0 Å². The van der Waals surface area contributed by atoms with Gasteiger partial charge in [-0.1, -0.05) is 11.6 Å². The van der Waals surface area contributed by atoms with E-state index in [1.165, 1.54) is 15.1 Å². The number of hydrogen-bond acceptors (Lipinski definition) is 5. The third-order valence-electron chi connectivity index (χ3n) is 4.75. The number of pyridine rings is 2. The fourth-order valence-corrected chi connectivity index (χ4v) is 5.04. The first kappa shape index (κ1) is 17.4. The minimum atomic E-state index is -3.56. The maximum absolute atomic E-state index is 12.7. The highest BCUT2D eigenvalue weighted by molar-refractivity contribution is 7.89. The fourth-order valence-electron chi connectivity index (χ4n) is 3.33. The molecular weight excluding hydrogens is 374 g/mol. The van der Waals surface area contributed by atoms with E-state index in [4.69, 9.17) is 11.6 Å². The summed E-state index contributed by atoms with van der Waals surface area (Å²) in [6, 6.07) is 5.78. The van der Waals surface area contributed by atoms with Crippen LogP contribution in [0.4, 0.5) is 0 Å². The van der Waals surface area contributed by atoms with Crippen molar-refractivity contribution in [2.24, 2.45) is 7.05 Å². The van der Waals surface area contributed by atoms with Crippen LogP contribution in [0.3, 0.4) is 0 Å². The number of sulfonamides is 1. The van der Waals surface area contributed by atoms with Gasteiger partial charge in [0.2, 0.25) is 5.16 Å². The van der Waals surface area contributed by atoms with Gasteiger partial charge < -0.3 is 4.57 Å². The summed E-state index contributed by atoms with van der Waals surface area (Å²) in [4.78, 5) is 12.9. The van der Waals surface area contributed by atoms with Gasteiger partial charge in [0.05, 0.1) is 5.02 Å². The average Bonchev–Trinajstić information content (AvgIpc) is 3.08. The Bertz CT molecular complexity index is 1060. The molecule has 0 radical (unpaired) electrons. The van der Waals surface area contributed by atoms with Crippen LogP contribution in [0.15, 0.2) is 41.9 Å². The van der Waals surface area contributed by atoms with Gasteiger partial charge in [-0.25, -0.2) is 23.4 Å². The van der Waals surface area contributed by atoms with Gasteiger partial charge in [-0.05, 0) is 31.0 Å². The third-order valence-corrected chi connectivity index (χ3v) is 6.86. The third kappa shape index (κ3) is 3.08. The molecule has 3 aromatic heterocycles. The maximum atomic E-state index is 12.7. The second kappa shape index (κ2) is 6.61. The Morgan fingerprint density at radius 2 is 1.96 bits per heavy atom. The Morgan fingerprint density at radius 1 is 1.19 bits per heavy atom. The Labute approximate surface area is 156 Å². The summed E-state index contributed by atoms with van der Waals surface area (Å²) in [5.74, 6) is 0.213. The zero-order chi connectivity index (χ0) is 18.3. The van der Waals surface area contributed by atoms with Crippen LogP contribution in [-0.2, 0) is 17.1 Å². The van der Waals surface area contributed by atoms with Gasteiger partial charge in [0.1, 0.15) is 0 Å². The van der Waals surface area contributed by atoms with Crippen LogP contribution >= 0.6 is 11.6 Å². The number of hydrogen-bond donors (Lipinski definition) is 0. The highest BCUT2D eigenvalue weighted by Crippen LogP contribution is 2.30. The number of imidazole rings is 1. The number of halogens is 1. The van der Waals surface area contributed by atoms with E-state index in [1.54, 1.807) is 19.4 Å². The summed E-state index contributed by atoms with van der Waals surface area (Å²) in [7, 11) is -1.87. The van der Waals surface area contributed by atoms with Crippen molar-refractivity contribution in [2.75, 3.05) is 13.1 Å². The lowest BCUT2D eigenvalue weighted by Crippen LogP contribution is -2.39. The minimum Gasteiger partial charge on any atom is -0.324 e. The predicted octanol–water partition coefficient (Wildman–Crippen LogP) is 2.59. The van der Waals surface area contributed by atoms with Crippen LogP contribution in [-0.4, -0.2) is 45.3 Å². The lowest BCUT2D eigenvalue weighted by atomic mass is 9.94. The Balaban J connectivity index is 1.52. The number of rotatable bonds is 3. The predicted molar refractivity (Wildman–Crippen MR) is 98.5 cm³/mol. The molecule has 0 aliphatic carbocycles. The van der Waals surface area contributed by atoms with E-state index in [0.717, 1.165) is 23.9 Å². The molecule has 0 atom stereocenters. The monoisotopic (exact) mass is 391 g/mol. The molecule has 3 aromatic rings. The second-order valence-electron chi connectivity index (χ2n) is 6.44. The Kier molecular flexibility index (Phi) is 4.42.